The summed E-state index contributed by atoms with van der Waals surface area (Å²) in [5.41, 5.74) is -1.26. The normalized spacial score (nSPS) is 21.8. The van der Waals surface area contributed by atoms with Crippen molar-refractivity contribution in [1.82, 2.24) is 9.55 Å². The summed E-state index contributed by atoms with van der Waals surface area (Å²) >= 11 is 0. The second-order valence-electron chi connectivity index (χ2n) is 5.53. The van der Waals surface area contributed by atoms with E-state index in [0.717, 1.165) is 16.8 Å². The Kier molecular flexibility index (Phi) is 4.49. The largest absolute Gasteiger partial charge is 0.459 e. The number of aromatic amines is 1. The van der Waals surface area contributed by atoms with Crippen molar-refractivity contribution in [3.05, 3.63) is 69.0 Å². The van der Waals surface area contributed by atoms with Gasteiger partial charge in [0.05, 0.1) is 12.0 Å². The van der Waals surface area contributed by atoms with E-state index in [0.29, 0.717) is 0 Å². The SMILES string of the molecule is O=C(OC[C@@H]1O[C@@H](n2ccc(=O)[nH]c2=O)CC1(F)F)c1ccccc1. The second-order valence-corrected chi connectivity index (χ2v) is 5.53. The van der Waals surface area contributed by atoms with Crippen LogP contribution in [-0.2, 0) is 9.47 Å². The highest BCUT2D eigenvalue weighted by molar-refractivity contribution is 5.89. The molecule has 3 rings (SSSR count). The van der Waals surface area contributed by atoms with Crippen LogP contribution in [0, 0.1) is 0 Å². The van der Waals surface area contributed by atoms with Gasteiger partial charge in [0, 0.05) is 12.3 Å². The molecular formula is C16H14F2N2O5. The third-order valence-electron chi connectivity index (χ3n) is 3.78. The van der Waals surface area contributed by atoms with Gasteiger partial charge < -0.3 is 9.47 Å². The summed E-state index contributed by atoms with van der Waals surface area (Å²) in [4.78, 5) is 36.5. The molecule has 1 aromatic carbocycles. The number of hydrogen-bond acceptors (Lipinski definition) is 5. The lowest BCUT2D eigenvalue weighted by atomic mass is 10.1. The number of carbonyl (C=O) groups is 1. The van der Waals surface area contributed by atoms with Crippen LogP contribution in [0.25, 0.3) is 0 Å². The van der Waals surface area contributed by atoms with E-state index in [1.807, 2.05) is 4.98 Å². The number of hydrogen-bond donors (Lipinski definition) is 1. The Balaban J connectivity index is 1.69. The van der Waals surface area contributed by atoms with Gasteiger partial charge in [-0.2, -0.15) is 0 Å². The zero-order valence-electron chi connectivity index (χ0n) is 12.9. The molecular weight excluding hydrogens is 338 g/mol. The van der Waals surface area contributed by atoms with Gasteiger partial charge in [-0.1, -0.05) is 18.2 Å². The number of rotatable bonds is 4. The molecule has 0 bridgehead atoms. The Morgan fingerprint density at radius 2 is 2.00 bits per heavy atom. The van der Waals surface area contributed by atoms with Crippen LogP contribution in [0.1, 0.15) is 23.0 Å². The van der Waals surface area contributed by atoms with Crippen molar-refractivity contribution in [2.45, 2.75) is 24.7 Å². The van der Waals surface area contributed by atoms with Gasteiger partial charge in [-0.05, 0) is 12.1 Å². The van der Waals surface area contributed by atoms with Crippen LogP contribution in [-0.4, -0.2) is 34.2 Å². The van der Waals surface area contributed by atoms with Crippen molar-refractivity contribution >= 4 is 5.97 Å². The number of H-pyrrole nitrogens is 1. The van der Waals surface area contributed by atoms with Crippen LogP contribution in [0.15, 0.2) is 52.2 Å². The zero-order chi connectivity index (χ0) is 18.0. The summed E-state index contributed by atoms with van der Waals surface area (Å²) in [6.45, 7) is -0.657. The summed E-state index contributed by atoms with van der Waals surface area (Å²) in [5.74, 6) is -4.04. The van der Waals surface area contributed by atoms with Gasteiger partial charge >= 0.3 is 11.7 Å². The van der Waals surface area contributed by atoms with Gasteiger partial charge in [0.1, 0.15) is 12.8 Å². The van der Waals surface area contributed by atoms with Crippen LogP contribution >= 0.6 is 0 Å². The van der Waals surface area contributed by atoms with Crippen LogP contribution in [0.2, 0.25) is 0 Å². The summed E-state index contributed by atoms with van der Waals surface area (Å²) in [5, 5.41) is 0. The standard InChI is InChI=1S/C16H14F2N2O5/c17-16(18)8-13(20-7-6-12(21)19-15(20)23)25-11(16)9-24-14(22)10-4-2-1-3-5-10/h1-7,11,13H,8-9H2,(H,19,21,23)/t11-,13+/m0/s1. The van der Waals surface area contributed by atoms with Crippen molar-refractivity contribution in [2.75, 3.05) is 6.61 Å². The first-order chi connectivity index (χ1) is 11.9. The van der Waals surface area contributed by atoms with Crippen LogP contribution in [0.5, 0.6) is 0 Å². The van der Waals surface area contributed by atoms with Crippen molar-refractivity contribution in [3.8, 4) is 0 Å². The number of nitrogens with one attached hydrogen (secondary N) is 1. The van der Waals surface area contributed by atoms with Crippen LogP contribution < -0.4 is 11.2 Å². The first kappa shape index (κ1) is 17.0. The first-order valence-corrected chi connectivity index (χ1v) is 7.44. The molecule has 2 heterocycles. The summed E-state index contributed by atoms with van der Waals surface area (Å²) in [6, 6.07) is 8.98. The number of alkyl halides is 2. The van der Waals surface area contributed by atoms with E-state index in [2.05, 4.69) is 0 Å². The molecule has 0 radical (unpaired) electrons. The number of halogens is 2. The number of carbonyl (C=O) groups excluding carboxylic acids is 1. The Bertz CT molecular complexity index is 878. The molecule has 1 N–H and O–H groups in total. The smallest absolute Gasteiger partial charge is 0.338 e. The minimum Gasteiger partial charge on any atom is -0.459 e. The van der Waals surface area contributed by atoms with Crippen LogP contribution in [0.4, 0.5) is 8.78 Å². The Labute approximate surface area is 139 Å². The van der Waals surface area contributed by atoms with Gasteiger partial charge in [0.25, 0.3) is 11.5 Å². The molecule has 0 saturated carbocycles. The summed E-state index contributed by atoms with van der Waals surface area (Å²) in [7, 11) is 0. The monoisotopic (exact) mass is 352 g/mol. The lowest BCUT2D eigenvalue weighted by Gasteiger charge is -2.17. The van der Waals surface area contributed by atoms with E-state index >= 15 is 0 Å². The van der Waals surface area contributed by atoms with Gasteiger partial charge in [-0.25, -0.2) is 18.4 Å². The molecule has 132 valence electrons. The minimum absolute atomic E-state index is 0.234. The second kappa shape index (κ2) is 6.60. The fraction of sp³-hybridized carbons (Fsp3) is 0.312. The Morgan fingerprint density at radius 3 is 2.68 bits per heavy atom. The highest BCUT2D eigenvalue weighted by atomic mass is 19.3. The highest BCUT2D eigenvalue weighted by Gasteiger charge is 2.51. The average molecular weight is 352 g/mol. The van der Waals surface area contributed by atoms with Crippen molar-refractivity contribution in [2.24, 2.45) is 0 Å². The molecule has 9 heteroatoms. The van der Waals surface area contributed by atoms with Gasteiger partial charge in [0.2, 0.25) is 0 Å². The minimum atomic E-state index is -3.29. The Hall–Kier alpha value is -2.81. The predicted molar refractivity (Wildman–Crippen MR) is 81.5 cm³/mol. The lowest BCUT2D eigenvalue weighted by molar-refractivity contribution is -0.105. The number of aromatic nitrogens is 2. The molecule has 1 aliphatic rings. The topological polar surface area (TPSA) is 90.4 Å². The van der Waals surface area contributed by atoms with Gasteiger partial charge in [-0.3, -0.25) is 14.3 Å². The van der Waals surface area contributed by atoms with Gasteiger partial charge in [-0.15, -0.1) is 0 Å². The fourth-order valence-electron chi connectivity index (χ4n) is 2.49. The summed E-state index contributed by atoms with van der Waals surface area (Å²) in [6.07, 6.45) is -2.64. The zero-order valence-corrected chi connectivity index (χ0v) is 12.9. The van der Waals surface area contributed by atoms with Crippen molar-refractivity contribution in [3.63, 3.8) is 0 Å². The molecule has 7 nitrogen and oxygen atoms in total. The number of esters is 1. The van der Waals surface area contributed by atoms with E-state index < -0.39 is 48.5 Å². The summed E-state index contributed by atoms with van der Waals surface area (Å²) < 4.78 is 39.2. The third kappa shape index (κ3) is 3.66. The first-order valence-electron chi connectivity index (χ1n) is 7.44. The maximum atomic E-state index is 14.1. The molecule has 0 aliphatic carbocycles. The van der Waals surface area contributed by atoms with E-state index in [4.69, 9.17) is 9.47 Å². The van der Waals surface area contributed by atoms with Crippen LogP contribution in [0.3, 0.4) is 0 Å². The maximum absolute atomic E-state index is 14.1. The lowest BCUT2D eigenvalue weighted by Crippen LogP contribution is -2.33. The molecule has 2 atom stereocenters. The highest BCUT2D eigenvalue weighted by Crippen LogP contribution is 2.40. The quantitative estimate of drug-likeness (QED) is 0.838. The maximum Gasteiger partial charge on any atom is 0.338 e. The molecule has 1 aliphatic heterocycles. The predicted octanol–water partition coefficient (Wildman–Crippen LogP) is 1.32. The molecule has 1 aromatic heterocycles. The molecule has 0 unspecified atom stereocenters. The molecule has 2 aromatic rings. The molecule has 1 fully saturated rings. The number of benzene rings is 1. The van der Waals surface area contributed by atoms with Gasteiger partial charge in [0.15, 0.2) is 6.10 Å². The van der Waals surface area contributed by atoms with E-state index in [1.54, 1.807) is 18.2 Å². The molecule has 0 spiro atoms. The van der Waals surface area contributed by atoms with Crippen molar-refractivity contribution in [1.29, 1.82) is 0 Å². The fourth-order valence-corrected chi connectivity index (χ4v) is 2.49. The Morgan fingerprint density at radius 1 is 1.28 bits per heavy atom. The molecule has 25 heavy (non-hydrogen) atoms. The number of nitrogens with zero attached hydrogens (tertiary/aromatic N) is 1. The number of ether oxygens (including phenoxy) is 2. The third-order valence-corrected chi connectivity index (χ3v) is 3.78. The van der Waals surface area contributed by atoms with E-state index in [-0.39, 0.29) is 5.56 Å². The molecule has 0 amide bonds. The van der Waals surface area contributed by atoms with E-state index in [1.165, 1.54) is 12.1 Å². The van der Waals surface area contributed by atoms with Crippen molar-refractivity contribution < 1.29 is 23.0 Å². The van der Waals surface area contributed by atoms with E-state index in [9.17, 15) is 23.2 Å². The average Bonchev–Trinajstić information content (AvgIpc) is 2.87. The molecule has 1 saturated heterocycles.